The zero-order chi connectivity index (χ0) is 29.5. The number of rotatable bonds is 7. The van der Waals surface area contributed by atoms with E-state index in [0.29, 0.717) is 12.3 Å². The zero-order valence-corrected chi connectivity index (χ0v) is 21.6. The number of hydrogen-bond donors (Lipinski definition) is 1. The van der Waals surface area contributed by atoms with Crippen LogP contribution in [-0.4, -0.2) is 37.6 Å². The maximum Gasteiger partial charge on any atom is 0.433 e. The van der Waals surface area contributed by atoms with Gasteiger partial charge < -0.3 is 9.84 Å². The number of anilines is 1. The van der Waals surface area contributed by atoms with Gasteiger partial charge in [-0.1, -0.05) is 29.8 Å². The second-order valence-corrected chi connectivity index (χ2v) is 10.8. The van der Waals surface area contributed by atoms with E-state index in [-0.39, 0.29) is 21.8 Å². The number of para-hydroxylation sites is 1. The van der Waals surface area contributed by atoms with Gasteiger partial charge in [0, 0.05) is 41.9 Å². The highest BCUT2D eigenvalue weighted by molar-refractivity contribution is 7.93. The van der Waals surface area contributed by atoms with E-state index in [0.717, 1.165) is 22.5 Å². The van der Waals surface area contributed by atoms with Crippen LogP contribution in [0.4, 0.5) is 27.6 Å². The lowest BCUT2D eigenvalue weighted by molar-refractivity contribution is -0.141. The predicted octanol–water partition coefficient (Wildman–Crippen LogP) is 5.84. The third kappa shape index (κ3) is 5.52. The average molecular weight is 602 g/mol. The van der Waals surface area contributed by atoms with Gasteiger partial charge in [0.05, 0.1) is 35.4 Å². The van der Waals surface area contributed by atoms with Crippen LogP contribution in [0.25, 0.3) is 11.1 Å². The summed E-state index contributed by atoms with van der Waals surface area (Å²) in [7, 11) is -4.72. The lowest BCUT2D eigenvalue weighted by Gasteiger charge is -2.35. The number of aliphatic carboxylic acids is 1. The molecule has 3 aromatic rings. The highest BCUT2D eigenvalue weighted by atomic mass is 35.5. The molecule has 0 unspecified atom stereocenters. The summed E-state index contributed by atoms with van der Waals surface area (Å²) in [5, 5.41) is 18.2. The van der Waals surface area contributed by atoms with Crippen LogP contribution in [0.5, 0.6) is 5.75 Å². The number of nitriles is 1. The van der Waals surface area contributed by atoms with Gasteiger partial charge in [0.2, 0.25) is 0 Å². The molecule has 1 aromatic heterocycles. The molecule has 40 heavy (non-hydrogen) atoms. The molecule has 0 atom stereocenters. The molecule has 1 aliphatic rings. The van der Waals surface area contributed by atoms with Crippen LogP contribution in [0.1, 0.15) is 29.7 Å². The monoisotopic (exact) mass is 601 g/mol. The van der Waals surface area contributed by atoms with Crippen molar-refractivity contribution in [3.8, 4) is 22.9 Å². The normalized spacial score (nSPS) is 14.8. The van der Waals surface area contributed by atoms with E-state index in [1.807, 2.05) is 0 Å². The number of fused-ring (bicyclic) bond motifs is 1. The van der Waals surface area contributed by atoms with E-state index >= 15 is 0 Å². The molecule has 2 heterocycles. The molecular weight excluding hydrogens is 585 g/mol. The lowest BCUT2D eigenvalue weighted by atomic mass is 10.00. The highest BCUT2D eigenvalue weighted by Gasteiger charge is 2.44. The molecule has 0 fully saturated rings. The van der Waals surface area contributed by atoms with Crippen molar-refractivity contribution < 1.29 is 45.0 Å². The molecule has 0 saturated heterocycles. The molecular formula is C25H17ClF5N3O5S. The minimum absolute atomic E-state index is 0.209. The number of carboxylic acid groups (broad SMARTS) is 1. The Bertz CT molecular complexity index is 1640. The summed E-state index contributed by atoms with van der Waals surface area (Å²) in [5.74, 6) is -5.00. The van der Waals surface area contributed by atoms with Crippen LogP contribution in [-0.2, 0) is 26.9 Å². The number of ether oxygens (including phenoxy) is 1. The molecule has 15 heteroatoms. The van der Waals surface area contributed by atoms with E-state index in [4.69, 9.17) is 21.4 Å². The van der Waals surface area contributed by atoms with Crippen molar-refractivity contribution in [3.05, 3.63) is 70.5 Å². The van der Waals surface area contributed by atoms with Crippen LogP contribution in [0, 0.1) is 11.3 Å². The number of aromatic nitrogens is 1. The van der Waals surface area contributed by atoms with Crippen molar-refractivity contribution in [2.45, 2.75) is 29.8 Å². The van der Waals surface area contributed by atoms with Crippen molar-refractivity contribution in [1.82, 2.24) is 4.98 Å². The van der Waals surface area contributed by atoms with Gasteiger partial charge >= 0.3 is 12.1 Å². The number of nitrogens with zero attached hydrogens (tertiary/aromatic N) is 3. The van der Waals surface area contributed by atoms with Crippen molar-refractivity contribution in [1.29, 1.82) is 5.26 Å². The molecule has 1 N–H and O–H groups in total. The largest absolute Gasteiger partial charge is 0.491 e. The first-order valence-corrected chi connectivity index (χ1v) is 13.1. The number of carboxylic acids is 1. The summed E-state index contributed by atoms with van der Waals surface area (Å²) in [6.45, 7) is -1.13. The summed E-state index contributed by atoms with van der Waals surface area (Å²) in [4.78, 5) is 13.7. The Labute approximate surface area is 229 Å². The summed E-state index contributed by atoms with van der Waals surface area (Å²) in [5.41, 5.74) is -3.17. The number of alkyl halides is 5. The van der Waals surface area contributed by atoms with Gasteiger partial charge in [-0.25, -0.2) is 17.2 Å². The number of halogens is 6. The Balaban J connectivity index is 1.91. The minimum Gasteiger partial charge on any atom is -0.491 e. The Kier molecular flexibility index (Phi) is 7.66. The maximum atomic E-state index is 14.6. The average Bonchev–Trinajstić information content (AvgIpc) is 2.87. The molecule has 0 amide bonds. The molecule has 0 radical (unpaired) electrons. The van der Waals surface area contributed by atoms with E-state index in [1.165, 1.54) is 18.2 Å². The zero-order valence-electron chi connectivity index (χ0n) is 20.0. The molecule has 0 spiro atoms. The molecule has 0 saturated carbocycles. The molecule has 210 valence electrons. The van der Waals surface area contributed by atoms with Gasteiger partial charge in [0.1, 0.15) is 16.3 Å². The Morgan fingerprint density at radius 3 is 2.55 bits per heavy atom. The second kappa shape index (κ2) is 10.5. The van der Waals surface area contributed by atoms with Crippen LogP contribution in [0.15, 0.2) is 53.6 Å². The summed E-state index contributed by atoms with van der Waals surface area (Å²) in [6.07, 6.45) is -5.53. The lowest BCUT2D eigenvalue weighted by Crippen LogP contribution is -2.40. The van der Waals surface area contributed by atoms with Crippen molar-refractivity contribution in [2.75, 3.05) is 17.5 Å². The summed E-state index contributed by atoms with van der Waals surface area (Å²) < 4.78 is 103. The number of benzene rings is 2. The summed E-state index contributed by atoms with van der Waals surface area (Å²) >= 11 is 6.33. The quantitative estimate of drug-likeness (QED) is 0.338. The maximum absolute atomic E-state index is 14.6. The predicted molar refractivity (Wildman–Crippen MR) is 132 cm³/mol. The number of hydrogen-bond acceptors (Lipinski definition) is 6. The van der Waals surface area contributed by atoms with Crippen molar-refractivity contribution >= 4 is 33.3 Å². The fourth-order valence-corrected chi connectivity index (χ4v) is 5.97. The van der Waals surface area contributed by atoms with E-state index in [2.05, 4.69) is 4.98 Å². The second-order valence-electron chi connectivity index (χ2n) is 8.54. The Hall–Kier alpha value is -3.96. The van der Waals surface area contributed by atoms with Crippen LogP contribution < -0.4 is 9.04 Å². The topological polar surface area (TPSA) is 121 Å². The van der Waals surface area contributed by atoms with Gasteiger partial charge in [0.25, 0.3) is 15.9 Å². The Morgan fingerprint density at radius 1 is 1.20 bits per heavy atom. The first kappa shape index (κ1) is 29.0. The minimum atomic E-state index is -4.87. The van der Waals surface area contributed by atoms with Gasteiger partial charge in [-0.15, -0.1) is 0 Å². The molecule has 4 rings (SSSR count). The van der Waals surface area contributed by atoms with Gasteiger partial charge in [-0.3, -0.25) is 14.1 Å². The number of sulfonamides is 1. The smallest absolute Gasteiger partial charge is 0.433 e. The molecule has 2 aromatic carbocycles. The van der Waals surface area contributed by atoms with Crippen LogP contribution in [0.3, 0.4) is 0 Å². The molecule has 0 bridgehead atoms. The fraction of sp³-hybridized carbons (Fsp3) is 0.240. The molecule has 8 nitrogen and oxygen atoms in total. The SMILES string of the molecule is N#Cc1cc(C(F)(F)F)ncc1-c1cc(S(=O)(=O)N2CCC(F)(F)c3ccccc32)c(OCCC(=O)O)cc1Cl. The first-order chi connectivity index (χ1) is 18.7. The van der Waals surface area contributed by atoms with Crippen molar-refractivity contribution in [2.24, 2.45) is 0 Å². The third-order valence-corrected chi connectivity index (χ3v) is 8.12. The van der Waals surface area contributed by atoms with Gasteiger partial charge in [0.15, 0.2) is 0 Å². The van der Waals surface area contributed by atoms with E-state index in [1.54, 1.807) is 6.07 Å². The molecule has 0 aliphatic carbocycles. The van der Waals surface area contributed by atoms with Crippen LogP contribution in [0.2, 0.25) is 5.02 Å². The highest BCUT2D eigenvalue weighted by Crippen LogP contribution is 2.46. The fourth-order valence-electron chi connectivity index (χ4n) is 4.09. The standard InChI is InChI=1S/C25H17ClF5N3O5S/c26-18-11-20(39-8-5-23(35)36)21(10-15(18)16-13-33-22(25(29,30)31)9-14(16)12-32)40(37,38)34-7-6-24(27,28)17-3-1-2-4-19(17)34/h1-4,9-11,13H,5-8H2,(H,35,36). The number of pyridine rings is 1. The Morgan fingerprint density at radius 2 is 1.90 bits per heavy atom. The first-order valence-electron chi connectivity index (χ1n) is 11.3. The van der Waals surface area contributed by atoms with Crippen LogP contribution >= 0.6 is 11.6 Å². The summed E-state index contributed by atoms with van der Waals surface area (Å²) in [6, 6.07) is 8.96. The van der Waals surface area contributed by atoms with E-state index < -0.39 is 81.6 Å². The number of carbonyl (C=O) groups is 1. The molecule has 1 aliphatic heterocycles. The van der Waals surface area contributed by atoms with E-state index in [9.17, 15) is 40.4 Å². The van der Waals surface area contributed by atoms with Gasteiger partial charge in [-0.2, -0.15) is 18.4 Å². The van der Waals surface area contributed by atoms with Gasteiger partial charge in [-0.05, 0) is 18.2 Å². The van der Waals surface area contributed by atoms with Crippen molar-refractivity contribution in [3.63, 3.8) is 0 Å². The third-order valence-electron chi connectivity index (χ3n) is 5.98.